The summed E-state index contributed by atoms with van der Waals surface area (Å²) < 4.78 is 0. The van der Waals surface area contributed by atoms with Crippen molar-refractivity contribution in [1.29, 1.82) is 0 Å². The largest absolute Gasteiger partial charge is 0.481 e. The molecule has 0 radical (unpaired) electrons. The van der Waals surface area contributed by atoms with E-state index >= 15 is 0 Å². The zero-order valence-electron chi connectivity index (χ0n) is 18.0. The summed E-state index contributed by atoms with van der Waals surface area (Å²) in [6.45, 7) is 4.42. The number of aliphatic carboxylic acids is 1. The Kier molecular flexibility index (Phi) is 6.98. The van der Waals surface area contributed by atoms with Gasteiger partial charge in [0.15, 0.2) is 5.82 Å². The number of carboxylic acids is 1. The van der Waals surface area contributed by atoms with Gasteiger partial charge in [-0.05, 0) is 29.2 Å². The van der Waals surface area contributed by atoms with Crippen molar-refractivity contribution in [2.24, 2.45) is 5.92 Å². The second kappa shape index (κ2) is 10.1. The Morgan fingerprint density at radius 3 is 2.44 bits per heavy atom. The molecule has 1 unspecified atom stereocenters. The minimum absolute atomic E-state index is 0.126. The summed E-state index contributed by atoms with van der Waals surface area (Å²) in [4.78, 5) is 22.6. The number of fused-ring (bicyclic) bond motifs is 1. The third-order valence-electron chi connectivity index (χ3n) is 5.61. The van der Waals surface area contributed by atoms with E-state index in [0.717, 1.165) is 64.8 Å². The van der Waals surface area contributed by atoms with Crippen LogP contribution in [0.1, 0.15) is 35.7 Å². The first kappa shape index (κ1) is 22.2. The van der Waals surface area contributed by atoms with Gasteiger partial charge in [0.1, 0.15) is 0 Å². The van der Waals surface area contributed by atoms with Crippen LogP contribution in [0, 0.1) is 5.92 Å². The average Bonchev–Trinajstić information content (AvgIpc) is 2.78. The first-order valence-electron chi connectivity index (χ1n) is 10.8. The summed E-state index contributed by atoms with van der Waals surface area (Å²) in [5.74, 6) is 0.126. The van der Waals surface area contributed by atoms with Gasteiger partial charge in [-0.2, -0.15) is 0 Å². The molecule has 3 aromatic rings. The minimum atomic E-state index is -0.741. The highest BCUT2D eigenvalue weighted by molar-refractivity contribution is 6.30. The molecule has 2 aromatic carbocycles. The van der Waals surface area contributed by atoms with Gasteiger partial charge in [0.25, 0.3) is 0 Å². The van der Waals surface area contributed by atoms with Gasteiger partial charge in [0.2, 0.25) is 0 Å². The van der Waals surface area contributed by atoms with Crippen molar-refractivity contribution in [3.8, 4) is 11.4 Å². The molecule has 2 heterocycles. The molecule has 164 valence electrons. The van der Waals surface area contributed by atoms with Crippen LogP contribution in [0.5, 0.6) is 0 Å². The van der Waals surface area contributed by atoms with E-state index < -0.39 is 5.97 Å². The normalized spacial score (nSPS) is 14.9. The second-order valence-electron chi connectivity index (χ2n) is 8.36. The van der Waals surface area contributed by atoms with Crippen LogP contribution in [-0.2, 0) is 17.8 Å². The van der Waals surface area contributed by atoms with Gasteiger partial charge in [-0.1, -0.05) is 67.1 Å². The lowest BCUT2D eigenvalue weighted by atomic mass is 10.0. The number of nitrogens with zero attached hydrogens (tertiary/aromatic N) is 3. The van der Waals surface area contributed by atoms with Gasteiger partial charge in [-0.15, -0.1) is 0 Å². The maximum atomic E-state index is 10.9. The summed E-state index contributed by atoms with van der Waals surface area (Å²) in [7, 11) is 0. The number of benzene rings is 2. The second-order valence-corrected chi connectivity index (χ2v) is 8.80. The zero-order chi connectivity index (χ0) is 22.5. The quantitative estimate of drug-likeness (QED) is 0.489. The lowest BCUT2D eigenvalue weighted by Gasteiger charge is -2.29. The number of hydrogen-bond donors (Lipinski definition) is 1. The SMILES string of the molecule is CC(CC(=O)O)CN1CCc2nc(-c3ccc(C=Cc4ccc(Cl)cc4)cc3)ncc2C1. The fourth-order valence-corrected chi connectivity index (χ4v) is 4.11. The number of rotatable bonds is 7. The van der Waals surface area contributed by atoms with Gasteiger partial charge < -0.3 is 5.11 Å². The first-order valence-corrected chi connectivity index (χ1v) is 11.2. The maximum Gasteiger partial charge on any atom is 0.303 e. The fourth-order valence-electron chi connectivity index (χ4n) is 3.98. The molecular formula is C26H26ClN3O2. The molecule has 0 fully saturated rings. The third kappa shape index (κ3) is 5.81. The third-order valence-corrected chi connectivity index (χ3v) is 5.87. The Hall–Kier alpha value is -3.02. The number of halogens is 1. The molecule has 5 nitrogen and oxygen atoms in total. The number of carbonyl (C=O) groups is 1. The van der Waals surface area contributed by atoms with Gasteiger partial charge in [0.05, 0.1) is 5.69 Å². The molecular weight excluding hydrogens is 422 g/mol. The van der Waals surface area contributed by atoms with E-state index in [0.29, 0.717) is 0 Å². The molecule has 6 heteroatoms. The average molecular weight is 448 g/mol. The first-order chi connectivity index (χ1) is 15.5. The Balaban J connectivity index is 1.41. The molecule has 0 aliphatic carbocycles. The Bertz CT molecular complexity index is 1110. The minimum Gasteiger partial charge on any atom is -0.481 e. The lowest BCUT2D eigenvalue weighted by molar-refractivity contribution is -0.138. The van der Waals surface area contributed by atoms with E-state index in [9.17, 15) is 4.79 Å². The summed E-state index contributed by atoms with van der Waals surface area (Å²) in [6.07, 6.45) is 7.10. The van der Waals surface area contributed by atoms with E-state index in [1.54, 1.807) is 0 Å². The van der Waals surface area contributed by atoms with Crippen molar-refractivity contribution in [1.82, 2.24) is 14.9 Å². The Labute approximate surface area is 193 Å². The number of hydrogen-bond acceptors (Lipinski definition) is 4. The van der Waals surface area contributed by atoms with Crippen LogP contribution < -0.4 is 0 Å². The predicted molar refractivity (Wildman–Crippen MR) is 128 cm³/mol. The van der Waals surface area contributed by atoms with Crippen molar-refractivity contribution in [3.63, 3.8) is 0 Å². The fraction of sp³-hybridized carbons (Fsp3) is 0.269. The van der Waals surface area contributed by atoms with E-state index in [4.69, 9.17) is 21.7 Å². The molecule has 32 heavy (non-hydrogen) atoms. The van der Waals surface area contributed by atoms with Crippen molar-refractivity contribution in [3.05, 3.63) is 82.1 Å². The molecule has 0 spiro atoms. The van der Waals surface area contributed by atoms with Gasteiger partial charge in [-0.25, -0.2) is 9.97 Å². The summed E-state index contributed by atoms with van der Waals surface area (Å²) in [5, 5.41) is 9.70. The molecule has 1 aromatic heterocycles. The predicted octanol–water partition coefficient (Wildman–Crippen LogP) is 5.44. The lowest BCUT2D eigenvalue weighted by Crippen LogP contribution is -2.35. The standard InChI is InChI=1S/C26H26ClN3O2/c1-18(14-25(31)32)16-30-13-12-24-22(17-30)15-28-26(29-24)21-8-4-19(5-9-21)2-3-20-6-10-23(27)11-7-20/h2-11,15,18H,12-14,16-17H2,1H3,(H,31,32). The molecule has 0 bridgehead atoms. The highest BCUT2D eigenvalue weighted by atomic mass is 35.5. The van der Waals surface area contributed by atoms with Crippen molar-refractivity contribution < 1.29 is 9.90 Å². The highest BCUT2D eigenvalue weighted by Gasteiger charge is 2.21. The van der Waals surface area contributed by atoms with E-state index in [-0.39, 0.29) is 12.3 Å². The van der Waals surface area contributed by atoms with Crippen LogP contribution in [-0.4, -0.2) is 39.0 Å². The Morgan fingerprint density at radius 2 is 1.78 bits per heavy atom. The molecule has 1 atom stereocenters. The zero-order valence-corrected chi connectivity index (χ0v) is 18.8. The summed E-state index contributed by atoms with van der Waals surface area (Å²) in [5.41, 5.74) is 5.42. The smallest absolute Gasteiger partial charge is 0.303 e. The topological polar surface area (TPSA) is 66.3 Å². The molecule has 4 rings (SSSR count). The molecule has 1 N–H and O–H groups in total. The van der Waals surface area contributed by atoms with Crippen LogP contribution in [0.25, 0.3) is 23.5 Å². The number of aromatic nitrogens is 2. The van der Waals surface area contributed by atoms with E-state index in [2.05, 4.69) is 34.2 Å². The van der Waals surface area contributed by atoms with Gasteiger partial charge in [-0.3, -0.25) is 9.69 Å². The van der Waals surface area contributed by atoms with Crippen molar-refractivity contribution in [2.45, 2.75) is 26.3 Å². The van der Waals surface area contributed by atoms with E-state index in [1.807, 2.05) is 49.5 Å². The van der Waals surface area contributed by atoms with Gasteiger partial charge >= 0.3 is 5.97 Å². The molecule has 1 aliphatic rings. The molecule has 1 aliphatic heterocycles. The van der Waals surface area contributed by atoms with Crippen LogP contribution in [0.15, 0.2) is 54.7 Å². The highest BCUT2D eigenvalue weighted by Crippen LogP contribution is 2.23. The van der Waals surface area contributed by atoms with Crippen LogP contribution in [0.3, 0.4) is 0 Å². The molecule has 0 saturated heterocycles. The van der Waals surface area contributed by atoms with E-state index in [1.165, 1.54) is 0 Å². The van der Waals surface area contributed by atoms with Crippen LogP contribution >= 0.6 is 11.6 Å². The monoisotopic (exact) mass is 447 g/mol. The molecule has 0 amide bonds. The Morgan fingerprint density at radius 1 is 1.12 bits per heavy atom. The maximum absolute atomic E-state index is 10.9. The van der Waals surface area contributed by atoms with Crippen molar-refractivity contribution >= 4 is 29.7 Å². The van der Waals surface area contributed by atoms with Gasteiger partial charge in [0, 0.05) is 54.8 Å². The van der Waals surface area contributed by atoms with Crippen LogP contribution in [0.4, 0.5) is 0 Å². The summed E-state index contributed by atoms with van der Waals surface area (Å²) in [6, 6.07) is 16.0. The number of carboxylic acid groups (broad SMARTS) is 1. The summed E-state index contributed by atoms with van der Waals surface area (Å²) >= 11 is 5.93. The van der Waals surface area contributed by atoms with Crippen LogP contribution in [0.2, 0.25) is 5.02 Å². The van der Waals surface area contributed by atoms with Crippen molar-refractivity contribution in [2.75, 3.05) is 13.1 Å². The molecule has 0 saturated carbocycles.